The van der Waals surface area contributed by atoms with Crippen LogP contribution in [0, 0.1) is 0 Å². The molecule has 0 aliphatic carbocycles. The summed E-state index contributed by atoms with van der Waals surface area (Å²) < 4.78 is 11.1. The summed E-state index contributed by atoms with van der Waals surface area (Å²) in [4.78, 5) is 18.3. The van der Waals surface area contributed by atoms with Crippen molar-refractivity contribution in [2.45, 2.75) is 12.1 Å². The van der Waals surface area contributed by atoms with Gasteiger partial charge in [-0.05, 0) is 72.9 Å². The van der Waals surface area contributed by atoms with E-state index in [-0.39, 0.29) is 18.1 Å². The number of ether oxygens (including phenoxy) is 1. The van der Waals surface area contributed by atoms with E-state index in [1.807, 2.05) is 71.6 Å². The number of pyridine rings is 1. The number of benzene rings is 2. The molecule has 0 amide bonds. The van der Waals surface area contributed by atoms with E-state index in [1.54, 1.807) is 18.3 Å². The minimum Gasteiger partial charge on any atom is -0.465 e. The highest BCUT2D eigenvalue weighted by Crippen LogP contribution is 2.43. The molecule has 0 bridgehead atoms. The SMILES string of the molecule is COC(=O)c1ccc(-c2ccc([C@H]3[C@H](c4ccccn4)NC(=S)N3c3ccc(Cl)cc3)o2)cc1. The van der Waals surface area contributed by atoms with E-state index in [0.717, 1.165) is 22.7 Å². The fraction of sp³-hybridized carbons (Fsp3) is 0.115. The molecule has 1 aliphatic heterocycles. The van der Waals surface area contributed by atoms with Crippen molar-refractivity contribution in [1.82, 2.24) is 10.3 Å². The predicted octanol–water partition coefficient (Wildman–Crippen LogP) is 5.96. The number of rotatable bonds is 5. The predicted molar refractivity (Wildman–Crippen MR) is 135 cm³/mol. The Labute approximate surface area is 207 Å². The molecule has 2 aromatic heterocycles. The van der Waals surface area contributed by atoms with Crippen LogP contribution in [0.3, 0.4) is 0 Å². The number of nitrogens with zero attached hydrogens (tertiary/aromatic N) is 2. The Morgan fingerprint density at radius 2 is 1.82 bits per heavy atom. The lowest BCUT2D eigenvalue weighted by Crippen LogP contribution is -2.29. The first-order valence-corrected chi connectivity index (χ1v) is 11.4. The number of anilines is 1. The summed E-state index contributed by atoms with van der Waals surface area (Å²) in [6.45, 7) is 0. The van der Waals surface area contributed by atoms with E-state index in [1.165, 1.54) is 7.11 Å². The number of furan rings is 1. The number of thiocarbonyl (C=S) groups is 1. The van der Waals surface area contributed by atoms with Gasteiger partial charge in [0.05, 0.1) is 24.4 Å². The first-order chi connectivity index (χ1) is 16.5. The quantitative estimate of drug-likeness (QED) is 0.274. The Balaban J connectivity index is 1.54. The zero-order chi connectivity index (χ0) is 23.7. The van der Waals surface area contributed by atoms with Gasteiger partial charge in [0, 0.05) is 22.5 Å². The van der Waals surface area contributed by atoms with Crippen LogP contribution in [0.15, 0.2) is 89.5 Å². The van der Waals surface area contributed by atoms with Crippen molar-refractivity contribution in [3.63, 3.8) is 0 Å². The summed E-state index contributed by atoms with van der Waals surface area (Å²) in [5, 5.41) is 4.63. The van der Waals surface area contributed by atoms with Crippen molar-refractivity contribution in [2.24, 2.45) is 0 Å². The Hall–Kier alpha value is -3.68. The second kappa shape index (κ2) is 9.29. The van der Waals surface area contributed by atoms with E-state index >= 15 is 0 Å². The summed E-state index contributed by atoms with van der Waals surface area (Å²) in [6, 6.07) is 23.8. The van der Waals surface area contributed by atoms with Gasteiger partial charge in [-0.25, -0.2) is 4.79 Å². The minimum absolute atomic E-state index is 0.218. The zero-order valence-corrected chi connectivity index (χ0v) is 19.7. The summed E-state index contributed by atoms with van der Waals surface area (Å²) in [5.41, 5.74) is 3.07. The molecule has 170 valence electrons. The number of aromatic nitrogens is 1. The van der Waals surface area contributed by atoms with Gasteiger partial charge in [-0.3, -0.25) is 4.98 Å². The number of esters is 1. The van der Waals surface area contributed by atoms with E-state index in [0.29, 0.717) is 21.5 Å². The molecule has 0 radical (unpaired) electrons. The van der Waals surface area contributed by atoms with Gasteiger partial charge < -0.3 is 19.4 Å². The van der Waals surface area contributed by atoms with Crippen molar-refractivity contribution >= 4 is 40.6 Å². The maximum absolute atomic E-state index is 11.7. The topological polar surface area (TPSA) is 67.6 Å². The number of hydrogen-bond donors (Lipinski definition) is 1. The molecule has 1 N–H and O–H groups in total. The Morgan fingerprint density at radius 3 is 2.50 bits per heavy atom. The van der Waals surface area contributed by atoms with Crippen LogP contribution in [-0.2, 0) is 4.74 Å². The molecule has 0 saturated carbocycles. The van der Waals surface area contributed by atoms with Gasteiger partial charge in [-0.15, -0.1) is 0 Å². The van der Waals surface area contributed by atoms with Crippen molar-refractivity contribution in [2.75, 3.05) is 12.0 Å². The smallest absolute Gasteiger partial charge is 0.337 e. The Morgan fingerprint density at radius 1 is 1.06 bits per heavy atom. The number of carbonyl (C=O) groups is 1. The number of halogens is 1. The van der Waals surface area contributed by atoms with Crippen LogP contribution in [0.5, 0.6) is 0 Å². The van der Waals surface area contributed by atoms with Gasteiger partial charge in [0.2, 0.25) is 0 Å². The Bertz CT molecular complexity index is 1320. The van der Waals surface area contributed by atoms with Crippen molar-refractivity contribution in [3.05, 3.63) is 107 Å². The summed E-state index contributed by atoms with van der Waals surface area (Å²) in [7, 11) is 1.36. The number of carbonyl (C=O) groups excluding carboxylic acids is 1. The molecule has 34 heavy (non-hydrogen) atoms. The molecule has 3 heterocycles. The highest BCUT2D eigenvalue weighted by molar-refractivity contribution is 7.80. The molecule has 1 saturated heterocycles. The molecular formula is C26H20ClN3O3S. The van der Waals surface area contributed by atoms with Gasteiger partial charge in [0.15, 0.2) is 5.11 Å². The average molecular weight is 490 g/mol. The van der Waals surface area contributed by atoms with E-state index in [9.17, 15) is 4.79 Å². The van der Waals surface area contributed by atoms with Crippen LogP contribution in [0.25, 0.3) is 11.3 Å². The van der Waals surface area contributed by atoms with Gasteiger partial charge >= 0.3 is 5.97 Å². The zero-order valence-electron chi connectivity index (χ0n) is 18.1. The molecule has 0 spiro atoms. The normalized spacial score (nSPS) is 17.5. The maximum atomic E-state index is 11.7. The maximum Gasteiger partial charge on any atom is 0.337 e. The van der Waals surface area contributed by atoms with Crippen LogP contribution in [0.4, 0.5) is 5.69 Å². The average Bonchev–Trinajstić information content (AvgIpc) is 3.49. The Kier molecular flexibility index (Phi) is 6.04. The molecule has 1 fully saturated rings. The summed E-state index contributed by atoms with van der Waals surface area (Å²) in [5.74, 6) is 1.03. The van der Waals surface area contributed by atoms with Crippen LogP contribution in [-0.4, -0.2) is 23.2 Å². The van der Waals surface area contributed by atoms with E-state index in [2.05, 4.69) is 10.3 Å². The minimum atomic E-state index is -0.381. The summed E-state index contributed by atoms with van der Waals surface area (Å²) in [6.07, 6.45) is 1.76. The van der Waals surface area contributed by atoms with Gasteiger partial charge in [0.1, 0.15) is 17.6 Å². The lowest BCUT2D eigenvalue weighted by molar-refractivity contribution is 0.0600. The molecular weight excluding hydrogens is 470 g/mol. The van der Waals surface area contributed by atoms with Crippen LogP contribution in [0.2, 0.25) is 5.02 Å². The molecule has 1 aliphatic rings. The van der Waals surface area contributed by atoms with Gasteiger partial charge in [-0.2, -0.15) is 0 Å². The fourth-order valence-electron chi connectivity index (χ4n) is 4.08. The number of nitrogens with one attached hydrogen (secondary N) is 1. The van der Waals surface area contributed by atoms with Crippen molar-refractivity contribution in [3.8, 4) is 11.3 Å². The third-order valence-corrected chi connectivity index (χ3v) is 6.28. The van der Waals surface area contributed by atoms with Crippen LogP contribution in [0.1, 0.15) is 33.9 Å². The standard InChI is InChI=1S/C26H20ClN3O3S/c1-32-25(31)17-7-5-16(6-8-17)21-13-14-22(33-21)24-23(20-4-2-3-15-28-20)29-26(34)30(24)19-11-9-18(27)10-12-19/h2-15,23-24H,1H3,(H,29,34)/t23-,24-/m0/s1. The third kappa shape index (κ3) is 4.16. The largest absolute Gasteiger partial charge is 0.465 e. The third-order valence-electron chi connectivity index (χ3n) is 5.71. The molecule has 5 rings (SSSR count). The van der Waals surface area contributed by atoms with Crippen molar-refractivity contribution < 1.29 is 13.9 Å². The fourth-order valence-corrected chi connectivity index (χ4v) is 4.55. The monoisotopic (exact) mass is 489 g/mol. The lowest BCUT2D eigenvalue weighted by atomic mass is 10.0. The first kappa shape index (κ1) is 22.1. The lowest BCUT2D eigenvalue weighted by Gasteiger charge is -2.26. The molecule has 2 aromatic carbocycles. The number of methoxy groups -OCH3 is 1. The molecule has 0 unspecified atom stereocenters. The van der Waals surface area contributed by atoms with E-state index in [4.69, 9.17) is 33.0 Å². The van der Waals surface area contributed by atoms with E-state index < -0.39 is 0 Å². The van der Waals surface area contributed by atoms with Crippen LogP contribution >= 0.6 is 23.8 Å². The molecule has 8 heteroatoms. The highest BCUT2D eigenvalue weighted by atomic mass is 35.5. The number of hydrogen-bond acceptors (Lipinski definition) is 5. The molecule has 2 atom stereocenters. The van der Waals surface area contributed by atoms with Gasteiger partial charge in [0.25, 0.3) is 0 Å². The second-order valence-electron chi connectivity index (χ2n) is 7.74. The van der Waals surface area contributed by atoms with Gasteiger partial charge in [-0.1, -0.05) is 29.8 Å². The highest BCUT2D eigenvalue weighted by Gasteiger charge is 2.42. The molecule has 6 nitrogen and oxygen atoms in total. The first-order valence-electron chi connectivity index (χ1n) is 10.6. The van der Waals surface area contributed by atoms with Crippen LogP contribution < -0.4 is 10.2 Å². The second-order valence-corrected chi connectivity index (χ2v) is 8.57. The summed E-state index contributed by atoms with van der Waals surface area (Å²) >= 11 is 11.8. The molecule has 4 aromatic rings. The van der Waals surface area contributed by atoms with Crippen molar-refractivity contribution in [1.29, 1.82) is 0 Å².